The number of ether oxygens (including phenoxy) is 1. The number of furan rings is 1. The van der Waals surface area contributed by atoms with Gasteiger partial charge in [0.2, 0.25) is 0 Å². The molecular weight excluding hydrogens is 280 g/mol. The molecule has 108 valence electrons. The Labute approximate surface area is 121 Å². The van der Waals surface area contributed by atoms with Gasteiger partial charge in [0.1, 0.15) is 12.4 Å². The van der Waals surface area contributed by atoms with E-state index in [-0.39, 0.29) is 18.0 Å². The fourth-order valence-corrected chi connectivity index (χ4v) is 2.98. The molecule has 1 aromatic heterocycles. The maximum Gasteiger partial charge on any atom is 0.410 e. The third kappa shape index (κ3) is 2.37. The van der Waals surface area contributed by atoms with Gasteiger partial charge in [-0.3, -0.25) is 9.69 Å². The minimum atomic E-state index is -0.276. The molecule has 2 amide bonds. The summed E-state index contributed by atoms with van der Waals surface area (Å²) in [7, 11) is 0. The van der Waals surface area contributed by atoms with Crippen molar-refractivity contribution in [1.82, 2.24) is 9.80 Å². The summed E-state index contributed by atoms with van der Waals surface area (Å²) in [6.07, 6.45) is 1.71. The van der Waals surface area contributed by atoms with Crippen molar-refractivity contribution in [3.63, 3.8) is 0 Å². The van der Waals surface area contributed by atoms with Gasteiger partial charge in [-0.25, -0.2) is 4.79 Å². The molecule has 0 spiro atoms. The smallest absolute Gasteiger partial charge is 0.410 e. The van der Waals surface area contributed by atoms with Crippen LogP contribution < -0.4 is 0 Å². The van der Waals surface area contributed by atoms with Crippen molar-refractivity contribution < 1.29 is 18.7 Å². The molecule has 7 heteroatoms. The number of carbonyl (C=O) groups is 2. The normalized spacial score (nSPS) is 21.9. The molecule has 1 unspecified atom stereocenters. The SMILES string of the molecule is CSCc1ccc(C(=O)N2CCN3C(=O)OCC3C2)o1. The van der Waals surface area contributed by atoms with E-state index in [4.69, 9.17) is 9.15 Å². The lowest BCUT2D eigenvalue weighted by atomic mass is 10.2. The maximum absolute atomic E-state index is 12.4. The van der Waals surface area contributed by atoms with Crippen molar-refractivity contribution in [2.24, 2.45) is 0 Å². The van der Waals surface area contributed by atoms with Crippen LogP contribution >= 0.6 is 11.8 Å². The van der Waals surface area contributed by atoms with Crippen molar-refractivity contribution in [3.8, 4) is 0 Å². The number of fused-ring (bicyclic) bond motifs is 1. The first-order chi connectivity index (χ1) is 9.69. The number of cyclic esters (lactones) is 1. The van der Waals surface area contributed by atoms with Crippen molar-refractivity contribution >= 4 is 23.8 Å². The summed E-state index contributed by atoms with van der Waals surface area (Å²) in [4.78, 5) is 27.2. The minimum Gasteiger partial charge on any atom is -0.455 e. The average molecular weight is 296 g/mol. The number of amides is 2. The van der Waals surface area contributed by atoms with Crippen molar-refractivity contribution in [3.05, 3.63) is 23.7 Å². The predicted octanol–water partition coefficient (Wildman–Crippen LogP) is 1.42. The van der Waals surface area contributed by atoms with Gasteiger partial charge in [-0.15, -0.1) is 0 Å². The van der Waals surface area contributed by atoms with Crippen molar-refractivity contribution in [2.45, 2.75) is 11.8 Å². The molecule has 0 saturated carbocycles. The average Bonchev–Trinajstić information content (AvgIpc) is 3.06. The van der Waals surface area contributed by atoms with E-state index >= 15 is 0 Å². The summed E-state index contributed by atoms with van der Waals surface area (Å²) in [5, 5.41) is 0. The lowest BCUT2D eigenvalue weighted by Crippen LogP contribution is -2.53. The van der Waals surface area contributed by atoms with Crippen LogP contribution in [0.15, 0.2) is 16.5 Å². The molecule has 0 bridgehead atoms. The second-order valence-corrected chi connectivity index (χ2v) is 5.74. The van der Waals surface area contributed by atoms with Crippen LogP contribution in [0.25, 0.3) is 0 Å². The molecular formula is C13H16N2O4S. The van der Waals surface area contributed by atoms with Crippen LogP contribution in [0.3, 0.4) is 0 Å². The highest BCUT2D eigenvalue weighted by atomic mass is 32.2. The second-order valence-electron chi connectivity index (χ2n) is 4.87. The Balaban J connectivity index is 1.67. The Bertz CT molecular complexity index is 530. The zero-order chi connectivity index (χ0) is 14.1. The summed E-state index contributed by atoms with van der Waals surface area (Å²) in [6.45, 7) is 1.90. The second kappa shape index (κ2) is 5.40. The standard InChI is InChI=1S/C13H16N2O4S/c1-20-8-10-2-3-11(19-10)12(16)14-4-5-15-9(6-14)7-18-13(15)17/h2-3,9H,4-8H2,1H3. The Hall–Kier alpha value is -1.63. The Kier molecular flexibility index (Phi) is 3.60. The van der Waals surface area contributed by atoms with E-state index < -0.39 is 0 Å². The molecule has 3 heterocycles. The van der Waals surface area contributed by atoms with Crippen LogP contribution in [0, 0.1) is 0 Å². The molecule has 0 aliphatic carbocycles. The third-order valence-electron chi connectivity index (χ3n) is 3.56. The van der Waals surface area contributed by atoms with Gasteiger partial charge in [-0.1, -0.05) is 0 Å². The predicted molar refractivity (Wildman–Crippen MR) is 73.7 cm³/mol. The van der Waals surface area contributed by atoms with E-state index in [0.717, 1.165) is 11.5 Å². The number of thioether (sulfide) groups is 1. The van der Waals surface area contributed by atoms with Gasteiger partial charge in [0.05, 0.1) is 11.8 Å². The van der Waals surface area contributed by atoms with E-state index in [2.05, 4.69) is 0 Å². The van der Waals surface area contributed by atoms with Gasteiger partial charge in [-0.05, 0) is 18.4 Å². The highest BCUT2D eigenvalue weighted by molar-refractivity contribution is 7.97. The molecule has 20 heavy (non-hydrogen) atoms. The van der Waals surface area contributed by atoms with Gasteiger partial charge < -0.3 is 14.1 Å². The van der Waals surface area contributed by atoms with E-state index in [0.29, 0.717) is 32.0 Å². The summed E-state index contributed by atoms with van der Waals surface area (Å²) >= 11 is 1.65. The highest BCUT2D eigenvalue weighted by Crippen LogP contribution is 2.20. The fourth-order valence-electron chi connectivity index (χ4n) is 2.54. The van der Waals surface area contributed by atoms with E-state index in [1.54, 1.807) is 27.6 Å². The Morgan fingerprint density at radius 3 is 3.10 bits per heavy atom. The number of hydrogen-bond donors (Lipinski definition) is 0. The molecule has 2 aliphatic heterocycles. The topological polar surface area (TPSA) is 63.0 Å². The van der Waals surface area contributed by atoms with Crippen LogP contribution in [0.5, 0.6) is 0 Å². The van der Waals surface area contributed by atoms with Crippen molar-refractivity contribution in [2.75, 3.05) is 32.5 Å². The van der Waals surface area contributed by atoms with Crippen LogP contribution in [0.2, 0.25) is 0 Å². The maximum atomic E-state index is 12.4. The lowest BCUT2D eigenvalue weighted by Gasteiger charge is -2.34. The summed E-state index contributed by atoms with van der Waals surface area (Å²) in [5.74, 6) is 1.81. The van der Waals surface area contributed by atoms with Crippen LogP contribution in [-0.2, 0) is 10.5 Å². The first-order valence-corrected chi connectivity index (χ1v) is 7.88. The van der Waals surface area contributed by atoms with Crippen LogP contribution in [0.4, 0.5) is 4.79 Å². The third-order valence-corrected chi connectivity index (χ3v) is 4.14. The Morgan fingerprint density at radius 1 is 1.45 bits per heavy atom. The molecule has 0 N–H and O–H groups in total. The van der Waals surface area contributed by atoms with E-state index in [9.17, 15) is 9.59 Å². The van der Waals surface area contributed by atoms with Gasteiger partial charge in [0.25, 0.3) is 5.91 Å². The molecule has 1 atom stereocenters. The highest BCUT2D eigenvalue weighted by Gasteiger charge is 2.39. The monoisotopic (exact) mass is 296 g/mol. The lowest BCUT2D eigenvalue weighted by molar-refractivity contribution is 0.0585. The number of rotatable bonds is 3. The molecule has 0 radical (unpaired) electrons. The fraction of sp³-hybridized carbons (Fsp3) is 0.538. The van der Waals surface area contributed by atoms with Crippen LogP contribution in [-0.4, -0.2) is 60.3 Å². The molecule has 3 rings (SSSR count). The van der Waals surface area contributed by atoms with Gasteiger partial charge >= 0.3 is 6.09 Å². The zero-order valence-corrected chi connectivity index (χ0v) is 12.0. The van der Waals surface area contributed by atoms with Gasteiger partial charge in [-0.2, -0.15) is 11.8 Å². The molecule has 6 nitrogen and oxygen atoms in total. The molecule has 2 aliphatic rings. The number of nitrogens with zero attached hydrogens (tertiary/aromatic N) is 2. The molecule has 0 aromatic carbocycles. The summed E-state index contributed by atoms with van der Waals surface area (Å²) in [5.41, 5.74) is 0. The largest absolute Gasteiger partial charge is 0.455 e. The van der Waals surface area contributed by atoms with Gasteiger partial charge in [0, 0.05) is 19.6 Å². The molecule has 2 fully saturated rings. The number of hydrogen-bond acceptors (Lipinski definition) is 5. The quantitative estimate of drug-likeness (QED) is 0.844. The molecule has 1 aromatic rings. The van der Waals surface area contributed by atoms with Crippen molar-refractivity contribution in [1.29, 1.82) is 0 Å². The first-order valence-electron chi connectivity index (χ1n) is 6.49. The van der Waals surface area contributed by atoms with E-state index in [1.807, 2.05) is 12.3 Å². The summed E-state index contributed by atoms with van der Waals surface area (Å²) < 4.78 is 10.5. The first kappa shape index (κ1) is 13.4. The van der Waals surface area contributed by atoms with E-state index in [1.165, 1.54) is 0 Å². The summed E-state index contributed by atoms with van der Waals surface area (Å²) in [6, 6.07) is 3.53. The minimum absolute atomic E-state index is 0.0270. The zero-order valence-electron chi connectivity index (χ0n) is 11.2. The van der Waals surface area contributed by atoms with Gasteiger partial charge in [0.15, 0.2) is 5.76 Å². The van der Waals surface area contributed by atoms with Crippen LogP contribution in [0.1, 0.15) is 16.3 Å². The number of carbonyl (C=O) groups excluding carboxylic acids is 2. The molecule has 2 saturated heterocycles. The Morgan fingerprint density at radius 2 is 2.30 bits per heavy atom. The number of piperazine rings is 1.